The number of methoxy groups -OCH3 is 2. The van der Waals surface area contributed by atoms with E-state index in [9.17, 15) is 5.11 Å². The van der Waals surface area contributed by atoms with E-state index in [0.717, 1.165) is 11.1 Å². The summed E-state index contributed by atoms with van der Waals surface area (Å²) >= 11 is 0. The Morgan fingerprint density at radius 3 is 2.48 bits per heavy atom. The van der Waals surface area contributed by atoms with Crippen LogP contribution in [-0.4, -0.2) is 30.9 Å². The Hall–Kier alpha value is -2.11. The Morgan fingerprint density at radius 1 is 1.19 bits per heavy atom. The lowest BCUT2D eigenvalue weighted by atomic mass is 10.1. The smallest absolute Gasteiger partial charge is 0.122 e. The molecule has 0 fully saturated rings. The van der Waals surface area contributed by atoms with Gasteiger partial charge in [0.2, 0.25) is 0 Å². The van der Waals surface area contributed by atoms with E-state index >= 15 is 0 Å². The fraction of sp³-hybridized carbons (Fsp3) is 0.312. The highest BCUT2D eigenvalue weighted by Gasteiger charge is 2.10. The monoisotopic (exact) mass is 288 g/mol. The third-order valence-corrected chi connectivity index (χ3v) is 3.15. The second-order valence-corrected chi connectivity index (χ2v) is 4.65. The second kappa shape index (κ2) is 7.61. The second-order valence-electron chi connectivity index (χ2n) is 4.65. The van der Waals surface area contributed by atoms with Gasteiger partial charge < -0.3 is 19.9 Å². The highest BCUT2D eigenvalue weighted by Crippen LogP contribution is 2.26. The summed E-state index contributed by atoms with van der Waals surface area (Å²) in [5, 5.41) is 13.5. The first-order valence-electron chi connectivity index (χ1n) is 6.73. The first kappa shape index (κ1) is 15.3. The molecule has 0 aliphatic heterocycles. The molecule has 2 rings (SSSR count). The standard InChI is InChI=1S/C16H20N2O3/c1-20-14-6-13(7-15(8-14)21-2)16(19)11-18-10-12-4-3-5-17-9-12/h3-9,16,18-19H,10-11H2,1-2H3. The van der Waals surface area contributed by atoms with E-state index in [0.29, 0.717) is 24.6 Å². The number of hydrogen-bond donors (Lipinski definition) is 2. The third kappa shape index (κ3) is 4.44. The van der Waals surface area contributed by atoms with Gasteiger partial charge in [-0.3, -0.25) is 4.98 Å². The van der Waals surface area contributed by atoms with Gasteiger partial charge in [-0.15, -0.1) is 0 Å². The maximum absolute atomic E-state index is 10.2. The Bertz CT molecular complexity index is 538. The van der Waals surface area contributed by atoms with Crippen LogP contribution in [0.3, 0.4) is 0 Å². The molecule has 1 heterocycles. The Balaban J connectivity index is 1.95. The van der Waals surface area contributed by atoms with Crippen molar-refractivity contribution in [1.29, 1.82) is 0 Å². The molecular formula is C16H20N2O3. The lowest BCUT2D eigenvalue weighted by molar-refractivity contribution is 0.173. The zero-order valence-electron chi connectivity index (χ0n) is 12.2. The average Bonchev–Trinajstić information content (AvgIpc) is 2.55. The van der Waals surface area contributed by atoms with Gasteiger partial charge >= 0.3 is 0 Å². The number of aliphatic hydroxyl groups is 1. The van der Waals surface area contributed by atoms with Gasteiger partial charge in [0.25, 0.3) is 0 Å². The molecule has 1 aromatic heterocycles. The summed E-state index contributed by atoms with van der Waals surface area (Å²) in [6.07, 6.45) is 2.90. The SMILES string of the molecule is COc1cc(OC)cc(C(O)CNCc2cccnc2)c1. The van der Waals surface area contributed by atoms with E-state index in [2.05, 4.69) is 10.3 Å². The summed E-state index contributed by atoms with van der Waals surface area (Å²) < 4.78 is 10.4. The minimum absolute atomic E-state index is 0.436. The molecule has 112 valence electrons. The third-order valence-electron chi connectivity index (χ3n) is 3.15. The highest BCUT2D eigenvalue weighted by molar-refractivity contribution is 5.39. The van der Waals surface area contributed by atoms with Gasteiger partial charge in [-0.2, -0.15) is 0 Å². The molecule has 5 heteroatoms. The summed E-state index contributed by atoms with van der Waals surface area (Å²) in [7, 11) is 3.18. The Morgan fingerprint density at radius 2 is 1.90 bits per heavy atom. The largest absolute Gasteiger partial charge is 0.497 e. The molecule has 21 heavy (non-hydrogen) atoms. The number of benzene rings is 1. The van der Waals surface area contributed by atoms with Crippen LogP contribution in [0.4, 0.5) is 0 Å². The van der Waals surface area contributed by atoms with Crippen molar-refractivity contribution >= 4 is 0 Å². The molecule has 0 aliphatic rings. The molecule has 0 bridgehead atoms. The van der Waals surface area contributed by atoms with E-state index in [1.54, 1.807) is 44.8 Å². The van der Waals surface area contributed by atoms with Gasteiger partial charge in [-0.1, -0.05) is 6.07 Å². The first-order chi connectivity index (χ1) is 10.2. The number of pyridine rings is 1. The summed E-state index contributed by atoms with van der Waals surface area (Å²) in [6, 6.07) is 9.26. The van der Waals surface area contributed by atoms with Crippen molar-refractivity contribution in [2.24, 2.45) is 0 Å². The predicted molar refractivity (Wildman–Crippen MR) is 80.4 cm³/mol. The number of ether oxygens (including phenoxy) is 2. The van der Waals surface area contributed by atoms with Gasteiger partial charge in [-0.25, -0.2) is 0 Å². The fourth-order valence-corrected chi connectivity index (χ4v) is 2.00. The molecule has 5 nitrogen and oxygen atoms in total. The number of nitrogens with zero attached hydrogens (tertiary/aromatic N) is 1. The lowest BCUT2D eigenvalue weighted by Crippen LogP contribution is -2.21. The molecule has 1 atom stereocenters. The van der Waals surface area contributed by atoms with Crippen LogP contribution >= 0.6 is 0 Å². The topological polar surface area (TPSA) is 63.6 Å². The van der Waals surface area contributed by atoms with Crippen LogP contribution in [0, 0.1) is 0 Å². The first-order valence-corrected chi connectivity index (χ1v) is 6.73. The molecule has 0 aliphatic carbocycles. The van der Waals surface area contributed by atoms with Gasteiger partial charge in [0.05, 0.1) is 20.3 Å². The summed E-state index contributed by atoms with van der Waals surface area (Å²) in [5.74, 6) is 1.33. The van der Waals surface area contributed by atoms with Crippen LogP contribution in [-0.2, 0) is 6.54 Å². The molecule has 0 saturated heterocycles. The predicted octanol–water partition coefficient (Wildman–Crippen LogP) is 1.92. The number of hydrogen-bond acceptors (Lipinski definition) is 5. The number of aromatic nitrogens is 1. The minimum Gasteiger partial charge on any atom is -0.497 e. The lowest BCUT2D eigenvalue weighted by Gasteiger charge is -2.14. The van der Waals surface area contributed by atoms with Gasteiger partial charge in [-0.05, 0) is 29.3 Å². The molecule has 0 amide bonds. The molecule has 2 aromatic rings. The van der Waals surface area contributed by atoms with Crippen LogP contribution < -0.4 is 14.8 Å². The molecule has 1 unspecified atom stereocenters. The van der Waals surface area contributed by atoms with Crippen molar-refractivity contribution in [3.63, 3.8) is 0 Å². The maximum atomic E-state index is 10.2. The van der Waals surface area contributed by atoms with Gasteiger partial charge in [0.1, 0.15) is 11.5 Å². The highest BCUT2D eigenvalue weighted by atomic mass is 16.5. The van der Waals surface area contributed by atoms with Crippen molar-refractivity contribution in [3.8, 4) is 11.5 Å². The van der Waals surface area contributed by atoms with E-state index in [1.165, 1.54) is 0 Å². The maximum Gasteiger partial charge on any atom is 0.122 e. The van der Waals surface area contributed by atoms with Crippen molar-refractivity contribution in [2.75, 3.05) is 20.8 Å². The zero-order chi connectivity index (χ0) is 15.1. The molecule has 0 saturated carbocycles. The molecule has 2 N–H and O–H groups in total. The van der Waals surface area contributed by atoms with Crippen molar-refractivity contribution in [3.05, 3.63) is 53.9 Å². The zero-order valence-corrected chi connectivity index (χ0v) is 12.2. The van der Waals surface area contributed by atoms with Gasteiger partial charge in [0.15, 0.2) is 0 Å². The summed E-state index contributed by atoms with van der Waals surface area (Å²) in [4.78, 5) is 4.05. The number of nitrogens with one attached hydrogen (secondary N) is 1. The molecule has 0 radical (unpaired) electrons. The van der Waals surface area contributed by atoms with Crippen LogP contribution in [0.1, 0.15) is 17.2 Å². The van der Waals surface area contributed by atoms with Crippen molar-refractivity contribution in [2.45, 2.75) is 12.6 Å². The fourth-order valence-electron chi connectivity index (χ4n) is 2.00. The van der Waals surface area contributed by atoms with E-state index < -0.39 is 6.10 Å². The summed E-state index contributed by atoms with van der Waals surface area (Å²) in [5.41, 5.74) is 1.83. The molecule has 1 aromatic carbocycles. The van der Waals surface area contributed by atoms with Crippen LogP contribution in [0.5, 0.6) is 11.5 Å². The molecular weight excluding hydrogens is 268 g/mol. The van der Waals surface area contributed by atoms with Crippen LogP contribution in [0.15, 0.2) is 42.7 Å². The quantitative estimate of drug-likeness (QED) is 0.815. The van der Waals surface area contributed by atoms with Crippen LogP contribution in [0.2, 0.25) is 0 Å². The van der Waals surface area contributed by atoms with Crippen LogP contribution in [0.25, 0.3) is 0 Å². The van der Waals surface area contributed by atoms with E-state index in [4.69, 9.17) is 9.47 Å². The normalized spacial score (nSPS) is 12.0. The Labute approximate surface area is 124 Å². The van der Waals surface area contributed by atoms with E-state index in [1.807, 2.05) is 12.1 Å². The van der Waals surface area contributed by atoms with Crippen molar-refractivity contribution < 1.29 is 14.6 Å². The number of rotatable bonds is 7. The number of aliphatic hydroxyl groups excluding tert-OH is 1. The van der Waals surface area contributed by atoms with Crippen molar-refractivity contribution in [1.82, 2.24) is 10.3 Å². The summed E-state index contributed by atoms with van der Waals surface area (Å²) in [6.45, 7) is 1.09. The van der Waals surface area contributed by atoms with Gasteiger partial charge in [0, 0.05) is 31.5 Å². The molecule has 0 spiro atoms. The minimum atomic E-state index is -0.634. The Kier molecular flexibility index (Phi) is 5.54. The van der Waals surface area contributed by atoms with E-state index in [-0.39, 0.29) is 0 Å². The average molecular weight is 288 g/mol.